The molecule has 2 heterocycles. The summed E-state index contributed by atoms with van der Waals surface area (Å²) in [5.41, 5.74) is 2.38. The molecular formula is C36H44N6O4. The number of ether oxygens (including phenoxy) is 3. The Labute approximate surface area is 270 Å². The third kappa shape index (κ3) is 6.48. The molecule has 0 unspecified atom stereocenters. The third-order valence-electron chi connectivity index (χ3n) is 9.23. The Morgan fingerprint density at radius 2 is 1.65 bits per heavy atom. The smallest absolute Gasteiger partial charge is 0.253 e. The minimum absolute atomic E-state index is 0.209. The standard InChI is InChI=1S/C36H44N6O4/c1-35(2,3)36(4,5)42-33(38-39-40-42)31(28-21-25-17-18-27(44-6)22-29(25)37-34(28)43)41(20-19-24-13-10-9-11-14-24)23-26-15-12-16-30(45-7)32(26)46-8/h9-18,21-22,31H,19-20,23H2,1-8H3,(H,37,43)/t31-/m0/s1. The van der Waals surface area contributed by atoms with Crippen molar-refractivity contribution in [2.45, 2.75) is 59.2 Å². The third-order valence-corrected chi connectivity index (χ3v) is 9.23. The lowest BCUT2D eigenvalue weighted by Gasteiger charge is -2.40. The van der Waals surface area contributed by atoms with E-state index in [1.807, 2.05) is 65.3 Å². The number of aromatic amines is 1. The molecule has 0 fully saturated rings. The highest BCUT2D eigenvalue weighted by molar-refractivity contribution is 5.80. The molecule has 0 aliphatic heterocycles. The number of hydrogen-bond donors (Lipinski definition) is 1. The predicted molar refractivity (Wildman–Crippen MR) is 180 cm³/mol. The van der Waals surface area contributed by atoms with Gasteiger partial charge in [0.15, 0.2) is 17.3 Å². The van der Waals surface area contributed by atoms with Crippen LogP contribution >= 0.6 is 0 Å². The molecule has 1 atom stereocenters. The first-order valence-corrected chi connectivity index (χ1v) is 15.5. The van der Waals surface area contributed by atoms with Crippen molar-refractivity contribution >= 4 is 10.9 Å². The van der Waals surface area contributed by atoms with Crippen LogP contribution in [0.15, 0.2) is 77.6 Å². The Balaban J connectivity index is 1.75. The molecule has 3 aromatic carbocycles. The fourth-order valence-electron chi connectivity index (χ4n) is 5.62. The Hall–Kier alpha value is -4.70. The first kappa shape index (κ1) is 32.7. The summed E-state index contributed by atoms with van der Waals surface area (Å²) in [5.74, 6) is 2.52. The quantitative estimate of drug-likeness (QED) is 0.176. The molecule has 0 saturated carbocycles. The van der Waals surface area contributed by atoms with E-state index in [2.05, 4.69) is 72.2 Å². The van der Waals surface area contributed by atoms with Crippen LogP contribution in [0.3, 0.4) is 0 Å². The zero-order valence-corrected chi connectivity index (χ0v) is 28.0. The summed E-state index contributed by atoms with van der Waals surface area (Å²) in [6, 6.07) is 23.2. The minimum Gasteiger partial charge on any atom is -0.497 e. The summed E-state index contributed by atoms with van der Waals surface area (Å²) in [7, 11) is 4.88. The second-order valence-electron chi connectivity index (χ2n) is 13.0. The lowest BCUT2D eigenvalue weighted by Crippen LogP contribution is -2.44. The van der Waals surface area contributed by atoms with Crippen molar-refractivity contribution in [2.75, 3.05) is 27.9 Å². The molecule has 0 radical (unpaired) electrons. The molecule has 10 nitrogen and oxygen atoms in total. The number of pyridine rings is 1. The van der Waals surface area contributed by atoms with Gasteiger partial charge in [-0.05, 0) is 71.3 Å². The highest BCUT2D eigenvalue weighted by Crippen LogP contribution is 2.40. The number of methoxy groups -OCH3 is 3. The monoisotopic (exact) mass is 624 g/mol. The molecule has 5 aromatic rings. The number of H-pyrrole nitrogens is 1. The molecule has 46 heavy (non-hydrogen) atoms. The number of para-hydroxylation sites is 1. The van der Waals surface area contributed by atoms with Crippen LogP contribution in [0, 0.1) is 5.41 Å². The van der Waals surface area contributed by atoms with E-state index in [9.17, 15) is 4.79 Å². The van der Waals surface area contributed by atoms with Crippen molar-refractivity contribution in [1.29, 1.82) is 0 Å². The first-order valence-electron chi connectivity index (χ1n) is 15.5. The maximum absolute atomic E-state index is 14.1. The van der Waals surface area contributed by atoms with Gasteiger partial charge in [0.1, 0.15) is 11.8 Å². The number of nitrogens with one attached hydrogen (secondary N) is 1. The van der Waals surface area contributed by atoms with Gasteiger partial charge in [0, 0.05) is 30.3 Å². The molecule has 10 heteroatoms. The van der Waals surface area contributed by atoms with Crippen molar-refractivity contribution in [3.8, 4) is 17.2 Å². The maximum Gasteiger partial charge on any atom is 0.253 e. The number of tetrazole rings is 1. The number of hydrogen-bond acceptors (Lipinski definition) is 8. The summed E-state index contributed by atoms with van der Waals surface area (Å²) in [6.45, 7) is 11.8. The Morgan fingerprint density at radius 1 is 0.891 bits per heavy atom. The van der Waals surface area contributed by atoms with Crippen molar-refractivity contribution < 1.29 is 14.2 Å². The Kier molecular flexibility index (Phi) is 9.48. The van der Waals surface area contributed by atoms with Gasteiger partial charge in [-0.15, -0.1) is 5.10 Å². The number of aromatic nitrogens is 5. The van der Waals surface area contributed by atoms with Gasteiger partial charge in [-0.2, -0.15) is 0 Å². The van der Waals surface area contributed by atoms with Crippen LogP contribution < -0.4 is 19.8 Å². The zero-order valence-electron chi connectivity index (χ0n) is 28.0. The first-order chi connectivity index (χ1) is 22.0. The molecule has 0 bridgehead atoms. The molecule has 0 spiro atoms. The zero-order chi connectivity index (χ0) is 33.1. The molecule has 5 rings (SSSR count). The molecule has 2 aromatic heterocycles. The predicted octanol–water partition coefficient (Wildman–Crippen LogP) is 6.16. The average molecular weight is 625 g/mol. The van der Waals surface area contributed by atoms with Crippen LogP contribution in [0.5, 0.6) is 17.2 Å². The molecule has 0 saturated heterocycles. The van der Waals surface area contributed by atoms with Crippen molar-refractivity contribution in [3.05, 3.63) is 106 Å². The van der Waals surface area contributed by atoms with Crippen molar-refractivity contribution in [3.63, 3.8) is 0 Å². The number of rotatable bonds is 12. The summed E-state index contributed by atoms with van der Waals surface area (Å²) in [5, 5.41) is 14.3. The van der Waals surface area contributed by atoms with Gasteiger partial charge in [0.2, 0.25) is 0 Å². The van der Waals surface area contributed by atoms with E-state index in [4.69, 9.17) is 14.2 Å². The fraction of sp³-hybridized carbons (Fsp3) is 0.389. The van der Waals surface area contributed by atoms with Gasteiger partial charge >= 0.3 is 0 Å². The summed E-state index contributed by atoms with van der Waals surface area (Å²) in [4.78, 5) is 19.5. The lowest BCUT2D eigenvalue weighted by molar-refractivity contribution is 0.106. The number of fused-ring (bicyclic) bond motifs is 1. The minimum atomic E-state index is -0.619. The second-order valence-corrected chi connectivity index (χ2v) is 13.0. The molecular weight excluding hydrogens is 580 g/mol. The Morgan fingerprint density at radius 3 is 2.33 bits per heavy atom. The highest BCUT2D eigenvalue weighted by atomic mass is 16.5. The van der Waals surface area contributed by atoms with E-state index in [0.717, 1.165) is 17.4 Å². The van der Waals surface area contributed by atoms with Crippen molar-refractivity contribution in [1.82, 2.24) is 30.1 Å². The van der Waals surface area contributed by atoms with E-state index in [-0.39, 0.29) is 11.0 Å². The van der Waals surface area contributed by atoms with Crippen LogP contribution in [0.4, 0.5) is 0 Å². The lowest BCUT2D eigenvalue weighted by atomic mass is 9.76. The molecule has 0 aliphatic carbocycles. The van der Waals surface area contributed by atoms with Gasteiger partial charge in [-0.1, -0.05) is 63.2 Å². The van der Waals surface area contributed by atoms with E-state index < -0.39 is 11.6 Å². The van der Waals surface area contributed by atoms with E-state index in [1.54, 1.807) is 21.3 Å². The van der Waals surface area contributed by atoms with Crippen LogP contribution in [-0.4, -0.2) is 58.0 Å². The fourth-order valence-corrected chi connectivity index (χ4v) is 5.62. The second kappa shape index (κ2) is 13.3. The van der Waals surface area contributed by atoms with E-state index >= 15 is 0 Å². The van der Waals surface area contributed by atoms with Crippen LogP contribution in [-0.2, 0) is 18.5 Å². The van der Waals surface area contributed by atoms with Crippen LogP contribution in [0.2, 0.25) is 0 Å². The maximum atomic E-state index is 14.1. The topological polar surface area (TPSA) is 107 Å². The molecule has 1 N–H and O–H groups in total. The molecule has 0 amide bonds. The largest absolute Gasteiger partial charge is 0.497 e. The Bertz CT molecular complexity index is 1840. The van der Waals surface area contributed by atoms with Gasteiger partial charge < -0.3 is 19.2 Å². The number of nitrogens with zero attached hydrogens (tertiary/aromatic N) is 5. The summed E-state index contributed by atoms with van der Waals surface area (Å²) < 4.78 is 18.8. The molecule has 242 valence electrons. The summed E-state index contributed by atoms with van der Waals surface area (Å²) in [6.07, 6.45) is 0.733. The van der Waals surface area contributed by atoms with Gasteiger partial charge in [-0.3, -0.25) is 9.69 Å². The van der Waals surface area contributed by atoms with Crippen LogP contribution in [0.25, 0.3) is 10.9 Å². The molecule has 0 aliphatic rings. The van der Waals surface area contributed by atoms with Crippen molar-refractivity contribution in [2.24, 2.45) is 5.41 Å². The van der Waals surface area contributed by atoms with E-state index in [0.29, 0.717) is 47.2 Å². The summed E-state index contributed by atoms with van der Waals surface area (Å²) >= 11 is 0. The normalized spacial score (nSPS) is 12.8. The number of benzene rings is 3. The SMILES string of the molecule is COc1ccc2cc([C@@H](c3nnnn3C(C)(C)C(C)(C)C)N(CCc3ccccc3)Cc3cccc(OC)c3OC)c(=O)[nH]c2c1. The van der Waals surface area contributed by atoms with Gasteiger partial charge in [0.25, 0.3) is 5.56 Å². The van der Waals surface area contributed by atoms with Gasteiger partial charge in [0.05, 0.1) is 32.4 Å². The van der Waals surface area contributed by atoms with Crippen LogP contribution in [0.1, 0.15) is 63.2 Å². The highest BCUT2D eigenvalue weighted by Gasteiger charge is 2.41. The average Bonchev–Trinajstić information content (AvgIpc) is 3.53. The van der Waals surface area contributed by atoms with Gasteiger partial charge in [-0.25, -0.2) is 4.68 Å². The van der Waals surface area contributed by atoms with E-state index in [1.165, 1.54) is 5.56 Å².